The average Bonchev–Trinajstić information content (AvgIpc) is 2.51. The normalized spacial score (nSPS) is 12.4. The minimum Gasteiger partial charge on any atom is -0.310 e. The van der Waals surface area contributed by atoms with E-state index in [2.05, 4.69) is 50.3 Å². The van der Waals surface area contributed by atoms with Crippen LogP contribution >= 0.6 is 11.3 Å². The summed E-state index contributed by atoms with van der Waals surface area (Å²) in [5.74, 6) is 0.701. The van der Waals surface area contributed by atoms with E-state index in [1.807, 2.05) is 0 Å². The summed E-state index contributed by atoms with van der Waals surface area (Å²) in [6.45, 7) is 13.0. The average molecular weight is 226 g/mol. The van der Waals surface area contributed by atoms with E-state index in [4.69, 9.17) is 0 Å². The Morgan fingerprint density at radius 1 is 1.40 bits per heavy atom. The molecule has 0 amide bonds. The Labute approximate surface area is 97.1 Å². The van der Waals surface area contributed by atoms with Gasteiger partial charge in [0.25, 0.3) is 0 Å². The number of aromatic nitrogens is 1. The molecule has 86 valence electrons. The minimum atomic E-state index is 0.173. The maximum atomic E-state index is 4.63. The maximum Gasteiger partial charge on any atom is 0.107 e. The van der Waals surface area contributed by atoms with Crippen LogP contribution in [0.5, 0.6) is 0 Å². The first-order chi connectivity index (χ1) is 6.89. The highest BCUT2D eigenvalue weighted by molar-refractivity contribution is 7.09. The fourth-order valence-electron chi connectivity index (χ4n) is 1.20. The first kappa shape index (κ1) is 12.7. The summed E-state index contributed by atoms with van der Waals surface area (Å²) in [6, 6.07) is 0. The highest BCUT2D eigenvalue weighted by Crippen LogP contribution is 2.23. The molecule has 1 heterocycles. The summed E-state index contributed by atoms with van der Waals surface area (Å²) in [5, 5.41) is 6.78. The molecule has 15 heavy (non-hydrogen) atoms. The van der Waals surface area contributed by atoms with Gasteiger partial charge >= 0.3 is 0 Å². The molecule has 0 fully saturated rings. The highest BCUT2D eigenvalue weighted by Gasteiger charge is 2.16. The van der Waals surface area contributed by atoms with Crippen LogP contribution in [-0.2, 0) is 12.0 Å². The molecular formula is C12H22N2S. The predicted octanol–water partition coefficient (Wildman–Crippen LogP) is 3.19. The van der Waals surface area contributed by atoms with Crippen molar-refractivity contribution >= 4 is 11.3 Å². The SMILES string of the molecule is CC(C)CNCc1nc(C(C)(C)C)cs1. The summed E-state index contributed by atoms with van der Waals surface area (Å²) in [4.78, 5) is 4.63. The molecule has 1 N–H and O–H groups in total. The first-order valence-corrected chi connectivity index (χ1v) is 6.43. The van der Waals surface area contributed by atoms with E-state index in [-0.39, 0.29) is 5.41 Å². The van der Waals surface area contributed by atoms with Gasteiger partial charge in [0.15, 0.2) is 0 Å². The van der Waals surface area contributed by atoms with Crippen LogP contribution in [0.25, 0.3) is 0 Å². The fourth-order valence-corrected chi connectivity index (χ4v) is 2.19. The van der Waals surface area contributed by atoms with Crippen molar-refractivity contribution in [3.05, 3.63) is 16.1 Å². The molecule has 0 saturated heterocycles. The zero-order valence-corrected chi connectivity index (χ0v) is 11.2. The molecule has 0 bridgehead atoms. The third-order valence-electron chi connectivity index (χ3n) is 2.15. The third kappa shape index (κ3) is 4.31. The van der Waals surface area contributed by atoms with Gasteiger partial charge in [0.05, 0.1) is 5.69 Å². The Morgan fingerprint density at radius 2 is 2.07 bits per heavy atom. The Bertz CT molecular complexity index is 297. The molecule has 3 heteroatoms. The smallest absolute Gasteiger partial charge is 0.107 e. The van der Waals surface area contributed by atoms with Gasteiger partial charge in [0, 0.05) is 17.3 Å². The number of hydrogen-bond acceptors (Lipinski definition) is 3. The first-order valence-electron chi connectivity index (χ1n) is 5.55. The number of nitrogens with zero attached hydrogens (tertiary/aromatic N) is 1. The zero-order chi connectivity index (χ0) is 11.5. The van der Waals surface area contributed by atoms with Gasteiger partial charge in [-0.1, -0.05) is 34.6 Å². The lowest BCUT2D eigenvalue weighted by atomic mass is 9.93. The molecule has 0 spiro atoms. The quantitative estimate of drug-likeness (QED) is 0.853. The lowest BCUT2D eigenvalue weighted by molar-refractivity contribution is 0.544. The van der Waals surface area contributed by atoms with Crippen LogP contribution in [0.4, 0.5) is 0 Å². The Hall–Kier alpha value is -0.410. The number of hydrogen-bond donors (Lipinski definition) is 1. The van der Waals surface area contributed by atoms with Crippen LogP contribution in [0, 0.1) is 5.92 Å². The van der Waals surface area contributed by atoms with Crippen molar-refractivity contribution in [1.29, 1.82) is 0 Å². The lowest BCUT2D eigenvalue weighted by Gasteiger charge is -2.14. The van der Waals surface area contributed by atoms with Gasteiger partial charge in [-0.15, -0.1) is 11.3 Å². The van der Waals surface area contributed by atoms with Gasteiger partial charge in [0.1, 0.15) is 5.01 Å². The number of nitrogens with one attached hydrogen (secondary N) is 1. The summed E-state index contributed by atoms with van der Waals surface area (Å²) >= 11 is 1.75. The van der Waals surface area contributed by atoms with Crippen LogP contribution in [-0.4, -0.2) is 11.5 Å². The van der Waals surface area contributed by atoms with Crippen molar-refractivity contribution in [1.82, 2.24) is 10.3 Å². The van der Waals surface area contributed by atoms with Crippen LogP contribution in [0.3, 0.4) is 0 Å². The molecule has 2 nitrogen and oxygen atoms in total. The van der Waals surface area contributed by atoms with Gasteiger partial charge in [0.2, 0.25) is 0 Å². The Morgan fingerprint density at radius 3 is 2.53 bits per heavy atom. The van der Waals surface area contributed by atoms with E-state index in [1.165, 1.54) is 10.7 Å². The van der Waals surface area contributed by atoms with Crippen molar-refractivity contribution in [3.8, 4) is 0 Å². The summed E-state index contributed by atoms with van der Waals surface area (Å²) in [7, 11) is 0. The molecule has 1 aromatic heterocycles. The van der Waals surface area contributed by atoms with E-state index in [9.17, 15) is 0 Å². The van der Waals surface area contributed by atoms with Crippen molar-refractivity contribution in [2.75, 3.05) is 6.54 Å². The third-order valence-corrected chi connectivity index (χ3v) is 3.00. The fraction of sp³-hybridized carbons (Fsp3) is 0.750. The lowest BCUT2D eigenvalue weighted by Crippen LogP contribution is -2.19. The van der Waals surface area contributed by atoms with Gasteiger partial charge in [-0.2, -0.15) is 0 Å². The molecular weight excluding hydrogens is 204 g/mol. The summed E-state index contributed by atoms with van der Waals surface area (Å²) < 4.78 is 0. The van der Waals surface area contributed by atoms with Crippen LogP contribution in [0.2, 0.25) is 0 Å². The van der Waals surface area contributed by atoms with Crippen molar-refractivity contribution in [2.24, 2.45) is 5.92 Å². The molecule has 0 aliphatic rings. The van der Waals surface area contributed by atoms with Crippen molar-refractivity contribution in [3.63, 3.8) is 0 Å². The second-order valence-corrected chi connectivity index (χ2v) is 6.34. The molecule has 0 aliphatic carbocycles. The molecule has 0 radical (unpaired) electrons. The van der Waals surface area contributed by atoms with Crippen LogP contribution < -0.4 is 5.32 Å². The van der Waals surface area contributed by atoms with E-state index < -0.39 is 0 Å². The molecule has 0 aromatic carbocycles. The number of rotatable bonds is 4. The van der Waals surface area contributed by atoms with E-state index in [1.54, 1.807) is 11.3 Å². The minimum absolute atomic E-state index is 0.173. The molecule has 1 rings (SSSR count). The molecule has 0 atom stereocenters. The van der Waals surface area contributed by atoms with E-state index in [0.29, 0.717) is 5.92 Å². The van der Waals surface area contributed by atoms with Crippen LogP contribution in [0.15, 0.2) is 5.38 Å². The molecule has 1 aromatic rings. The molecule has 0 unspecified atom stereocenters. The standard InChI is InChI=1S/C12H22N2S/c1-9(2)6-13-7-11-14-10(8-15-11)12(3,4)5/h8-9,13H,6-7H2,1-5H3. The van der Waals surface area contributed by atoms with Crippen LogP contribution in [0.1, 0.15) is 45.3 Å². The summed E-state index contributed by atoms with van der Waals surface area (Å²) in [5.41, 5.74) is 1.38. The Kier molecular flexibility index (Phi) is 4.29. The van der Waals surface area contributed by atoms with Gasteiger partial charge in [-0.25, -0.2) is 4.98 Å². The molecule has 0 aliphatic heterocycles. The summed E-state index contributed by atoms with van der Waals surface area (Å²) in [6.07, 6.45) is 0. The van der Waals surface area contributed by atoms with Crippen molar-refractivity contribution < 1.29 is 0 Å². The zero-order valence-electron chi connectivity index (χ0n) is 10.4. The van der Waals surface area contributed by atoms with E-state index >= 15 is 0 Å². The van der Waals surface area contributed by atoms with Gasteiger partial charge in [-0.3, -0.25) is 0 Å². The topological polar surface area (TPSA) is 24.9 Å². The second kappa shape index (κ2) is 5.08. The van der Waals surface area contributed by atoms with Gasteiger partial charge < -0.3 is 5.32 Å². The highest BCUT2D eigenvalue weighted by atomic mass is 32.1. The van der Waals surface area contributed by atoms with Gasteiger partial charge in [-0.05, 0) is 12.5 Å². The van der Waals surface area contributed by atoms with E-state index in [0.717, 1.165) is 13.1 Å². The van der Waals surface area contributed by atoms with Crippen molar-refractivity contribution in [2.45, 2.75) is 46.6 Å². The Balaban J connectivity index is 2.47. The predicted molar refractivity (Wildman–Crippen MR) is 67.4 cm³/mol. The largest absolute Gasteiger partial charge is 0.310 e. The number of thiazole rings is 1. The maximum absolute atomic E-state index is 4.63. The molecule has 0 saturated carbocycles. The monoisotopic (exact) mass is 226 g/mol. The second-order valence-electron chi connectivity index (χ2n) is 5.40.